The van der Waals surface area contributed by atoms with Crippen molar-refractivity contribution in [1.29, 1.82) is 0 Å². The zero-order valence-electron chi connectivity index (χ0n) is 13.3. The van der Waals surface area contributed by atoms with Gasteiger partial charge in [-0.15, -0.1) is 0 Å². The van der Waals surface area contributed by atoms with E-state index < -0.39 is 6.04 Å². The van der Waals surface area contributed by atoms with Gasteiger partial charge in [0, 0.05) is 37.6 Å². The van der Waals surface area contributed by atoms with Crippen molar-refractivity contribution >= 4 is 29.3 Å². The van der Waals surface area contributed by atoms with E-state index in [2.05, 4.69) is 5.32 Å². The number of hydrogen-bond acceptors (Lipinski definition) is 3. The fraction of sp³-hybridized carbons (Fsp3) is 0.471. The van der Waals surface area contributed by atoms with Crippen LogP contribution in [0.5, 0.6) is 0 Å². The SMILES string of the molecule is O=C1CCC(C(=O)N2CCN(C(=O)Cc3ccc(Cl)cc3)CC2)N1. The molecular weight excluding hydrogens is 330 g/mol. The van der Waals surface area contributed by atoms with E-state index in [1.807, 2.05) is 12.1 Å². The van der Waals surface area contributed by atoms with Crippen LogP contribution in [0.3, 0.4) is 0 Å². The van der Waals surface area contributed by atoms with Crippen LogP contribution in [-0.2, 0) is 20.8 Å². The van der Waals surface area contributed by atoms with Crippen LogP contribution in [0.4, 0.5) is 0 Å². The first-order valence-corrected chi connectivity index (χ1v) is 8.51. The van der Waals surface area contributed by atoms with E-state index >= 15 is 0 Å². The molecule has 3 amide bonds. The highest BCUT2D eigenvalue weighted by Crippen LogP contribution is 2.14. The van der Waals surface area contributed by atoms with Gasteiger partial charge in [0.25, 0.3) is 0 Å². The van der Waals surface area contributed by atoms with E-state index in [0.29, 0.717) is 50.5 Å². The summed E-state index contributed by atoms with van der Waals surface area (Å²) in [6, 6.07) is 6.85. The predicted octanol–water partition coefficient (Wildman–Crippen LogP) is 0.832. The van der Waals surface area contributed by atoms with Gasteiger partial charge in [-0.25, -0.2) is 0 Å². The van der Waals surface area contributed by atoms with Gasteiger partial charge in [-0.3, -0.25) is 14.4 Å². The smallest absolute Gasteiger partial charge is 0.245 e. The van der Waals surface area contributed by atoms with Crippen molar-refractivity contribution in [3.63, 3.8) is 0 Å². The molecule has 0 radical (unpaired) electrons. The molecule has 1 unspecified atom stereocenters. The lowest BCUT2D eigenvalue weighted by Crippen LogP contribution is -2.54. The fourth-order valence-corrected chi connectivity index (χ4v) is 3.21. The molecule has 6 nitrogen and oxygen atoms in total. The number of carbonyl (C=O) groups is 3. The third-order valence-electron chi connectivity index (χ3n) is 4.51. The maximum Gasteiger partial charge on any atom is 0.245 e. The normalized spacial score (nSPS) is 20.9. The van der Waals surface area contributed by atoms with Crippen molar-refractivity contribution in [1.82, 2.24) is 15.1 Å². The Kier molecular flexibility index (Phi) is 5.04. The van der Waals surface area contributed by atoms with Crippen molar-refractivity contribution in [2.24, 2.45) is 0 Å². The molecule has 7 heteroatoms. The van der Waals surface area contributed by atoms with Gasteiger partial charge in [0.1, 0.15) is 6.04 Å². The Morgan fingerprint density at radius 2 is 1.71 bits per heavy atom. The Morgan fingerprint density at radius 3 is 2.29 bits per heavy atom. The molecule has 128 valence electrons. The predicted molar refractivity (Wildman–Crippen MR) is 89.5 cm³/mol. The lowest BCUT2D eigenvalue weighted by atomic mass is 10.1. The van der Waals surface area contributed by atoms with Crippen molar-refractivity contribution in [3.8, 4) is 0 Å². The van der Waals surface area contributed by atoms with Crippen LogP contribution in [0.15, 0.2) is 24.3 Å². The molecule has 2 saturated heterocycles. The Hall–Kier alpha value is -2.08. The number of nitrogens with one attached hydrogen (secondary N) is 1. The van der Waals surface area contributed by atoms with E-state index in [1.54, 1.807) is 21.9 Å². The summed E-state index contributed by atoms with van der Waals surface area (Å²) in [5.74, 6) is -0.0469. The number of piperazine rings is 1. The van der Waals surface area contributed by atoms with E-state index in [0.717, 1.165) is 5.56 Å². The van der Waals surface area contributed by atoms with Gasteiger partial charge in [0.15, 0.2) is 0 Å². The second kappa shape index (κ2) is 7.21. The highest BCUT2D eigenvalue weighted by Gasteiger charge is 2.32. The third kappa shape index (κ3) is 3.87. The van der Waals surface area contributed by atoms with Gasteiger partial charge in [-0.2, -0.15) is 0 Å². The molecule has 0 aromatic heterocycles. The molecule has 1 N–H and O–H groups in total. The van der Waals surface area contributed by atoms with Crippen molar-refractivity contribution in [2.45, 2.75) is 25.3 Å². The molecular formula is C17H20ClN3O3. The molecule has 1 aromatic carbocycles. The quantitative estimate of drug-likeness (QED) is 0.878. The molecule has 3 rings (SSSR count). The average Bonchev–Trinajstić information content (AvgIpc) is 3.03. The summed E-state index contributed by atoms with van der Waals surface area (Å²) in [6.07, 6.45) is 1.31. The maximum absolute atomic E-state index is 12.4. The van der Waals surface area contributed by atoms with Crippen molar-refractivity contribution in [2.75, 3.05) is 26.2 Å². The fourth-order valence-electron chi connectivity index (χ4n) is 3.08. The lowest BCUT2D eigenvalue weighted by molar-refractivity contribution is -0.140. The molecule has 0 spiro atoms. The monoisotopic (exact) mass is 349 g/mol. The van der Waals surface area contributed by atoms with Crippen molar-refractivity contribution in [3.05, 3.63) is 34.9 Å². The summed E-state index contributed by atoms with van der Waals surface area (Å²) in [5, 5.41) is 3.35. The van der Waals surface area contributed by atoms with Crippen LogP contribution < -0.4 is 5.32 Å². The highest BCUT2D eigenvalue weighted by molar-refractivity contribution is 6.30. The standard InChI is InChI=1S/C17H20ClN3O3/c18-13-3-1-12(2-4-13)11-16(23)20-7-9-21(10-8-20)17(24)14-5-6-15(22)19-14/h1-4,14H,5-11H2,(H,19,22). The minimum absolute atomic E-state index is 0.0364. The third-order valence-corrected chi connectivity index (χ3v) is 4.76. The largest absolute Gasteiger partial charge is 0.344 e. The maximum atomic E-state index is 12.4. The molecule has 1 aromatic rings. The molecule has 2 aliphatic rings. The van der Waals surface area contributed by atoms with E-state index in [1.165, 1.54) is 0 Å². The molecule has 0 aliphatic carbocycles. The zero-order valence-corrected chi connectivity index (χ0v) is 14.1. The molecule has 2 fully saturated rings. The summed E-state index contributed by atoms with van der Waals surface area (Å²) in [7, 11) is 0. The van der Waals surface area contributed by atoms with E-state index in [4.69, 9.17) is 11.6 Å². The summed E-state index contributed by atoms with van der Waals surface area (Å²) >= 11 is 5.85. The van der Waals surface area contributed by atoms with Gasteiger partial charge in [0.2, 0.25) is 17.7 Å². The summed E-state index contributed by atoms with van der Waals surface area (Å²) in [4.78, 5) is 39.5. The number of rotatable bonds is 3. The van der Waals surface area contributed by atoms with Crippen LogP contribution in [0.25, 0.3) is 0 Å². The summed E-state index contributed by atoms with van der Waals surface area (Å²) in [6.45, 7) is 2.08. The zero-order chi connectivity index (χ0) is 17.1. The van der Waals surface area contributed by atoms with Crippen molar-refractivity contribution < 1.29 is 14.4 Å². The van der Waals surface area contributed by atoms with Gasteiger partial charge in [0.05, 0.1) is 6.42 Å². The molecule has 1 atom stereocenters. The Bertz CT molecular complexity index is 639. The molecule has 24 heavy (non-hydrogen) atoms. The van der Waals surface area contributed by atoms with Crippen LogP contribution in [0.2, 0.25) is 5.02 Å². The second-order valence-corrected chi connectivity index (χ2v) is 6.60. The van der Waals surface area contributed by atoms with Crippen LogP contribution in [0.1, 0.15) is 18.4 Å². The summed E-state index contributed by atoms with van der Waals surface area (Å²) < 4.78 is 0. The first-order valence-electron chi connectivity index (χ1n) is 8.13. The topological polar surface area (TPSA) is 69.7 Å². The molecule has 0 saturated carbocycles. The highest BCUT2D eigenvalue weighted by atomic mass is 35.5. The van der Waals surface area contributed by atoms with Crippen LogP contribution >= 0.6 is 11.6 Å². The minimum atomic E-state index is -0.395. The summed E-state index contributed by atoms with van der Waals surface area (Å²) in [5.41, 5.74) is 0.927. The molecule has 0 bridgehead atoms. The average molecular weight is 350 g/mol. The van der Waals surface area contributed by atoms with Gasteiger partial charge in [-0.05, 0) is 24.1 Å². The number of nitrogens with zero attached hydrogens (tertiary/aromatic N) is 2. The van der Waals surface area contributed by atoms with Gasteiger partial charge >= 0.3 is 0 Å². The number of hydrogen-bond donors (Lipinski definition) is 1. The van der Waals surface area contributed by atoms with Crippen LogP contribution in [0, 0.1) is 0 Å². The van der Waals surface area contributed by atoms with Gasteiger partial charge < -0.3 is 15.1 Å². The van der Waals surface area contributed by atoms with Gasteiger partial charge in [-0.1, -0.05) is 23.7 Å². The first kappa shape index (κ1) is 16.8. The van der Waals surface area contributed by atoms with Crippen LogP contribution in [-0.4, -0.2) is 59.7 Å². The first-order chi connectivity index (χ1) is 11.5. The Balaban J connectivity index is 1.49. The molecule has 2 heterocycles. The second-order valence-electron chi connectivity index (χ2n) is 6.17. The number of halogens is 1. The lowest BCUT2D eigenvalue weighted by Gasteiger charge is -2.36. The minimum Gasteiger partial charge on any atom is -0.344 e. The Morgan fingerprint density at radius 1 is 1.08 bits per heavy atom. The Labute approximate surface area is 145 Å². The number of carbonyl (C=O) groups excluding carboxylic acids is 3. The molecule has 2 aliphatic heterocycles. The number of benzene rings is 1. The van der Waals surface area contributed by atoms with E-state index in [-0.39, 0.29) is 17.7 Å². The van der Waals surface area contributed by atoms with E-state index in [9.17, 15) is 14.4 Å². The number of amides is 3.